The molecule has 0 aromatic heterocycles. The summed E-state index contributed by atoms with van der Waals surface area (Å²) in [5.74, 6) is -1.48. The first kappa shape index (κ1) is 18.1. The highest BCUT2D eigenvalue weighted by Crippen LogP contribution is 2.22. The summed E-state index contributed by atoms with van der Waals surface area (Å²) in [7, 11) is 0. The van der Waals surface area contributed by atoms with Crippen molar-refractivity contribution in [1.82, 2.24) is 10.2 Å². The van der Waals surface area contributed by atoms with E-state index in [1.54, 1.807) is 12.1 Å². The van der Waals surface area contributed by atoms with Crippen LogP contribution in [0.25, 0.3) is 0 Å². The Kier molecular flexibility index (Phi) is 8.47. The molecule has 120 valence electrons. The highest BCUT2D eigenvalue weighted by atomic mass is 19.2. The number of rotatable bonds is 10. The van der Waals surface area contributed by atoms with Crippen LogP contribution in [-0.2, 0) is 0 Å². The molecule has 0 aliphatic carbocycles. The minimum atomic E-state index is -0.767. The van der Waals surface area contributed by atoms with Crippen LogP contribution in [0.2, 0.25) is 0 Å². The molecule has 0 fully saturated rings. The quantitative estimate of drug-likeness (QED) is 0.699. The molecule has 0 amide bonds. The Hall–Kier alpha value is -1.00. The lowest BCUT2D eigenvalue weighted by Gasteiger charge is -2.25. The Balaban J connectivity index is 2.77. The van der Waals surface area contributed by atoms with Crippen molar-refractivity contribution in [2.75, 3.05) is 26.2 Å². The van der Waals surface area contributed by atoms with Gasteiger partial charge in [0.05, 0.1) is 0 Å². The first-order valence-electron chi connectivity index (χ1n) is 8.03. The van der Waals surface area contributed by atoms with Gasteiger partial charge in [0.15, 0.2) is 11.6 Å². The second kappa shape index (κ2) is 9.85. The molecule has 0 aliphatic rings. The molecule has 1 aromatic carbocycles. The van der Waals surface area contributed by atoms with Gasteiger partial charge < -0.3 is 10.2 Å². The van der Waals surface area contributed by atoms with Crippen molar-refractivity contribution < 1.29 is 8.78 Å². The smallest absolute Gasteiger partial charge is 0.163 e. The number of hydrogen-bond acceptors (Lipinski definition) is 2. The summed E-state index contributed by atoms with van der Waals surface area (Å²) in [6, 6.07) is 4.30. The maximum absolute atomic E-state index is 14.0. The van der Waals surface area contributed by atoms with E-state index in [-0.39, 0.29) is 6.04 Å². The van der Waals surface area contributed by atoms with Crippen LogP contribution in [0.4, 0.5) is 8.78 Å². The van der Waals surface area contributed by atoms with Gasteiger partial charge in [-0.25, -0.2) is 8.78 Å². The minimum absolute atomic E-state index is 0.133. The summed E-state index contributed by atoms with van der Waals surface area (Å²) in [5.41, 5.74) is 0.441. The van der Waals surface area contributed by atoms with Gasteiger partial charge in [-0.15, -0.1) is 0 Å². The van der Waals surface area contributed by atoms with Crippen molar-refractivity contribution in [3.63, 3.8) is 0 Å². The van der Waals surface area contributed by atoms with E-state index in [0.717, 1.165) is 45.4 Å². The fourth-order valence-electron chi connectivity index (χ4n) is 2.53. The average molecular weight is 298 g/mol. The number of halogens is 2. The third kappa shape index (κ3) is 5.71. The summed E-state index contributed by atoms with van der Waals surface area (Å²) in [6.45, 7) is 10.1. The Morgan fingerprint density at radius 1 is 1.10 bits per heavy atom. The van der Waals surface area contributed by atoms with E-state index in [9.17, 15) is 8.78 Å². The summed E-state index contributed by atoms with van der Waals surface area (Å²) in [5, 5.41) is 3.34. The summed E-state index contributed by atoms with van der Waals surface area (Å²) < 4.78 is 27.4. The Labute approximate surface area is 127 Å². The summed E-state index contributed by atoms with van der Waals surface area (Å²) in [4.78, 5) is 2.35. The van der Waals surface area contributed by atoms with Gasteiger partial charge >= 0.3 is 0 Å². The molecule has 4 heteroatoms. The maximum Gasteiger partial charge on any atom is 0.163 e. The second-order valence-electron chi connectivity index (χ2n) is 5.37. The SMILES string of the molecule is CCCNC(CCN(CC)CCC)c1cccc(F)c1F. The zero-order valence-corrected chi connectivity index (χ0v) is 13.5. The largest absolute Gasteiger partial charge is 0.310 e. The maximum atomic E-state index is 14.0. The van der Waals surface area contributed by atoms with Gasteiger partial charge in [-0.3, -0.25) is 0 Å². The highest BCUT2D eigenvalue weighted by Gasteiger charge is 2.18. The van der Waals surface area contributed by atoms with Gasteiger partial charge in [0.1, 0.15) is 0 Å². The van der Waals surface area contributed by atoms with E-state index in [1.807, 2.05) is 0 Å². The van der Waals surface area contributed by atoms with Crippen LogP contribution >= 0.6 is 0 Å². The molecular weight excluding hydrogens is 270 g/mol. The van der Waals surface area contributed by atoms with Gasteiger partial charge in [-0.2, -0.15) is 0 Å². The second-order valence-corrected chi connectivity index (χ2v) is 5.37. The van der Waals surface area contributed by atoms with Gasteiger partial charge in [0.25, 0.3) is 0 Å². The molecule has 0 heterocycles. The Morgan fingerprint density at radius 2 is 1.86 bits per heavy atom. The zero-order valence-electron chi connectivity index (χ0n) is 13.5. The van der Waals surface area contributed by atoms with Crippen molar-refractivity contribution >= 4 is 0 Å². The Morgan fingerprint density at radius 3 is 2.48 bits per heavy atom. The number of benzene rings is 1. The zero-order chi connectivity index (χ0) is 15.7. The van der Waals surface area contributed by atoms with Crippen molar-refractivity contribution in [2.24, 2.45) is 0 Å². The molecule has 0 radical (unpaired) electrons. The molecular formula is C17H28F2N2. The first-order chi connectivity index (χ1) is 10.1. The third-order valence-electron chi connectivity index (χ3n) is 3.72. The van der Waals surface area contributed by atoms with Crippen LogP contribution in [-0.4, -0.2) is 31.1 Å². The van der Waals surface area contributed by atoms with Crippen molar-refractivity contribution in [2.45, 2.75) is 46.1 Å². The lowest BCUT2D eigenvalue weighted by atomic mass is 10.0. The summed E-state index contributed by atoms with van der Waals surface area (Å²) >= 11 is 0. The standard InChI is InChI=1S/C17H28F2N2/c1-4-11-20-16(10-13-21(6-3)12-5-2)14-8-7-9-15(18)17(14)19/h7-9,16,20H,4-6,10-13H2,1-3H3. The van der Waals surface area contributed by atoms with Crippen LogP contribution < -0.4 is 5.32 Å². The van der Waals surface area contributed by atoms with E-state index in [0.29, 0.717) is 5.56 Å². The molecule has 1 unspecified atom stereocenters. The van der Waals surface area contributed by atoms with Crippen LogP contribution in [0.5, 0.6) is 0 Å². The van der Waals surface area contributed by atoms with Gasteiger partial charge in [0, 0.05) is 11.6 Å². The normalized spacial score (nSPS) is 12.9. The molecule has 0 bridgehead atoms. The Bertz CT molecular complexity index is 410. The predicted octanol–water partition coefficient (Wildman–Crippen LogP) is 4.13. The molecule has 0 saturated carbocycles. The van der Waals surface area contributed by atoms with Crippen LogP contribution in [0.15, 0.2) is 18.2 Å². The first-order valence-corrected chi connectivity index (χ1v) is 8.03. The molecule has 0 saturated heterocycles. The monoisotopic (exact) mass is 298 g/mol. The molecule has 2 nitrogen and oxygen atoms in total. The van der Waals surface area contributed by atoms with E-state index in [2.05, 4.69) is 31.0 Å². The molecule has 0 spiro atoms. The lowest BCUT2D eigenvalue weighted by Crippen LogP contribution is -2.31. The molecule has 1 aromatic rings. The third-order valence-corrected chi connectivity index (χ3v) is 3.72. The van der Waals surface area contributed by atoms with Gasteiger partial charge in [-0.1, -0.05) is 32.9 Å². The van der Waals surface area contributed by atoms with Crippen LogP contribution in [0.3, 0.4) is 0 Å². The van der Waals surface area contributed by atoms with E-state index in [4.69, 9.17) is 0 Å². The lowest BCUT2D eigenvalue weighted by molar-refractivity contribution is 0.267. The van der Waals surface area contributed by atoms with Gasteiger partial charge in [0.2, 0.25) is 0 Å². The summed E-state index contributed by atoms with van der Waals surface area (Å²) in [6.07, 6.45) is 2.86. The van der Waals surface area contributed by atoms with Crippen LogP contribution in [0, 0.1) is 11.6 Å². The highest BCUT2D eigenvalue weighted by molar-refractivity contribution is 5.22. The number of nitrogens with zero attached hydrogens (tertiary/aromatic N) is 1. The average Bonchev–Trinajstić information content (AvgIpc) is 2.49. The van der Waals surface area contributed by atoms with Gasteiger partial charge in [-0.05, 0) is 51.5 Å². The minimum Gasteiger partial charge on any atom is -0.310 e. The molecule has 1 rings (SSSR count). The van der Waals surface area contributed by atoms with E-state index >= 15 is 0 Å². The van der Waals surface area contributed by atoms with Crippen molar-refractivity contribution in [3.8, 4) is 0 Å². The van der Waals surface area contributed by atoms with Crippen LogP contribution in [0.1, 0.15) is 51.6 Å². The molecule has 1 N–H and O–H groups in total. The fraction of sp³-hybridized carbons (Fsp3) is 0.647. The molecule has 0 aliphatic heterocycles. The van der Waals surface area contributed by atoms with E-state index in [1.165, 1.54) is 6.07 Å². The number of nitrogens with one attached hydrogen (secondary N) is 1. The van der Waals surface area contributed by atoms with Crippen molar-refractivity contribution in [1.29, 1.82) is 0 Å². The van der Waals surface area contributed by atoms with Crippen molar-refractivity contribution in [3.05, 3.63) is 35.4 Å². The fourth-order valence-corrected chi connectivity index (χ4v) is 2.53. The topological polar surface area (TPSA) is 15.3 Å². The van der Waals surface area contributed by atoms with E-state index < -0.39 is 11.6 Å². The molecule has 1 atom stereocenters. The predicted molar refractivity (Wildman–Crippen MR) is 84.4 cm³/mol. The number of hydrogen-bond donors (Lipinski definition) is 1. The molecule has 21 heavy (non-hydrogen) atoms.